The van der Waals surface area contributed by atoms with Gasteiger partial charge in [0.2, 0.25) is 0 Å². The minimum Gasteiger partial charge on any atom is -0.508 e. The molecule has 0 radical (unpaired) electrons. The highest BCUT2D eigenvalue weighted by molar-refractivity contribution is 5.70. The quantitative estimate of drug-likeness (QED) is 0.212. The van der Waals surface area contributed by atoms with E-state index in [1.54, 1.807) is 18.2 Å². The zero-order valence-electron chi connectivity index (χ0n) is 19.8. The van der Waals surface area contributed by atoms with Crippen LogP contribution in [0.5, 0.6) is 5.75 Å². The lowest BCUT2D eigenvalue weighted by atomic mass is 9.93. The van der Waals surface area contributed by atoms with Crippen molar-refractivity contribution in [2.24, 2.45) is 5.92 Å². The van der Waals surface area contributed by atoms with Crippen LogP contribution in [0.4, 0.5) is 0 Å². The number of phenols is 1. The molecule has 0 bridgehead atoms. The zero-order chi connectivity index (χ0) is 23.5. The Kier molecular flexibility index (Phi) is 11.0. The summed E-state index contributed by atoms with van der Waals surface area (Å²) in [5.41, 5.74) is 2.70. The maximum Gasteiger partial charge on any atom is 0.310 e. The third-order valence-corrected chi connectivity index (χ3v) is 6.06. The van der Waals surface area contributed by atoms with Gasteiger partial charge in [0.05, 0.1) is 12.2 Å². The molecule has 1 aliphatic rings. The largest absolute Gasteiger partial charge is 0.508 e. The molecule has 3 atom stereocenters. The van der Waals surface area contributed by atoms with Crippen molar-refractivity contribution >= 4 is 5.97 Å². The highest BCUT2D eigenvalue weighted by Crippen LogP contribution is 2.37. The summed E-state index contributed by atoms with van der Waals surface area (Å²) >= 11 is 0. The Morgan fingerprint density at radius 2 is 1.94 bits per heavy atom. The number of carbonyl (C=O) groups excluding carboxylic acids is 1. The number of aromatic hydroxyl groups is 1. The van der Waals surface area contributed by atoms with Crippen molar-refractivity contribution in [3.05, 3.63) is 52.8 Å². The summed E-state index contributed by atoms with van der Waals surface area (Å²) in [6.45, 7) is 5.96. The van der Waals surface area contributed by atoms with Gasteiger partial charge in [0.1, 0.15) is 11.5 Å². The molecule has 0 heterocycles. The zero-order valence-corrected chi connectivity index (χ0v) is 19.8. The van der Waals surface area contributed by atoms with Crippen LogP contribution in [0.15, 0.2) is 41.7 Å². The van der Waals surface area contributed by atoms with E-state index in [1.807, 2.05) is 26.0 Å². The Morgan fingerprint density at radius 3 is 2.62 bits per heavy atom. The van der Waals surface area contributed by atoms with Gasteiger partial charge in [-0.25, -0.2) is 0 Å². The summed E-state index contributed by atoms with van der Waals surface area (Å²) < 4.78 is 5.63. The molecule has 32 heavy (non-hydrogen) atoms. The standard InChI is InChI=1S/C27H40O5/c1-4-6-7-8-9-11-23-22(25(30)18-26(23)32-27(31)10-5-2)14-13-21(28)17-20-12-15-24(29)19(3)16-20/h12-16,21-22,25,28-30H,4-11,17-18H2,1-3H3/b14-13+/t21-,22-,25-/m1/s1. The monoisotopic (exact) mass is 444 g/mol. The predicted octanol–water partition coefficient (Wildman–Crippen LogP) is 5.50. The van der Waals surface area contributed by atoms with Gasteiger partial charge >= 0.3 is 5.97 Å². The van der Waals surface area contributed by atoms with Gasteiger partial charge in [0.15, 0.2) is 0 Å². The molecular formula is C27H40O5. The smallest absolute Gasteiger partial charge is 0.310 e. The Morgan fingerprint density at radius 1 is 1.19 bits per heavy atom. The van der Waals surface area contributed by atoms with Gasteiger partial charge in [-0.05, 0) is 49.0 Å². The average Bonchev–Trinajstić information content (AvgIpc) is 3.03. The first-order chi connectivity index (χ1) is 15.3. The number of benzene rings is 1. The van der Waals surface area contributed by atoms with E-state index in [-0.39, 0.29) is 17.6 Å². The highest BCUT2D eigenvalue weighted by atomic mass is 16.5. The Labute approximate surface area is 192 Å². The fourth-order valence-electron chi connectivity index (χ4n) is 4.24. The highest BCUT2D eigenvalue weighted by Gasteiger charge is 2.33. The number of rotatable bonds is 13. The number of unbranched alkanes of at least 4 members (excludes halogenated alkanes) is 4. The maximum atomic E-state index is 12.1. The summed E-state index contributed by atoms with van der Waals surface area (Å²) in [4.78, 5) is 12.1. The van der Waals surface area contributed by atoms with Gasteiger partial charge < -0.3 is 20.1 Å². The van der Waals surface area contributed by atoms with E-state index in [0.29, 0.717) is 25.0 Å². The van der Waals surface area contributed by atoms with Crippen LogP contribution in [0.25, 0.3) is 0 Å². The number of aliphatic hydroxyl groups excluding tert-OH is 2. The summed E-state index contributed by atoms with van der Waals surface area (Å²) in [6, 6.07) is 5.30. The lowest BCUT2D eigenvalue weighted by Crippen LogP contribution is -2.16. The van der Waals surface area contributed by atoms with Gasteiger partial charge in [0, 0.05) is 25.2 Å². The summed E-state index contributed by atoms with van der Waals surface area (Å²) in [7, 11) is 0. The molecule has 178 valence electrons. The number of ether oxygens (including phenoxy) is 1. The van der Waals surface area contributed by atoms with Crippen molar-refractivity contribution in [2.75, 3.05) is 0 Å². The Bertz CT molecular complexity index is 795. The fraction of sp³-hybridized carbons (Fsp3) is 0.593. The van der Waals surface area contributed by atoms with Crippen molar-refractivity contribution < 1.29 is 24.9 Å². The van der Waals surface area contributed by atoms with Crippen molar-refractivity contribution in [1.29, 1.82) is 0 Å². The third-order valence-electron chi connectivity index (χ3n) is 6.06. The predicted molar refractivity (Wildman–Crippen MR) is 127 cm³/mol. The van der Waals surface area contributed by atoms with Crippen LogP contribution in [0.1, 0.15) is 82.8 Å². The van der Waals surface area contributed by atoms with Crippen LogP contribution >= 0.6 is 0 Å². The number of aryl methyl sites for hydroxylation is 1. The van der Waals surface area contributed by atoms with E-state index in [4.69, 9.17) is 4.74 Å². The fourth-order valence-corrected chi connectivity index (χ4v) is 4.24. The molecular weight excluding hydrogens is 404 g/mol. The molecule has 0 aromatic heterocycles. The van der Waals surface area contributed by atoms with Gasteiger partial charge in [-0.1, -0.05) is 63.8 Å². The topological polar surface area (TPSA) is 87.0 Å². The van der Waals surface area contributed by atoms with E-state index in [9.17, 15) is 20.1 Å². The maximum absolute atomic E-state index is 12.1. The second-order valence-corrected chi connectivity index (χ2v) is 8.91. The second-order valence-electron chi connectivity index (χ2n) is 8.91. The number of hydrogen-bond donors (Lipinski definition) is 3. The van der Waals surface area contributed by atoms with Gasteiger partial charge in [-0.15, -0.1) is 0 Å². The molecule has 2 rings (SSSR count). The SMILES string of the molecule is CCCCCCCC1=C(OC(=O)CCC)C[C@@H](O)[C@@H]1/C=C/[C@@H](O)Cc1ccc(O)c(C)c1. The molecule has 0 fully saturated rings. The lowest BCUT2D eigenvalue weighted by Gasteiger charge is -2.16. The number of phenolic OH excluding ortho intramolecular Hbond substituents is 1. The van der Waals surface area contributed by atoms with Gasteiger partial charge in [-0.3, -0.25) is 4.79 Å². The molecule has 5 nitrogen and oxygen atoms in total. The van der Waals surface area contributed by atoms with Crippen LogP contribution in [0.3, 0.4) is 0 Å². The van der Waals surface area contributed by atoms with Crippen molar-refractivity contribution in [3.8, 4) is 5.75 Å². The van der Waals surface area contributed by atoms with Crippen LogP contribution < -0.4 is 0 Å². The molecule has 5 heteroatoms. The number of hydrogen-bond acceptors (Lipinski definition) is 5. The average molecular weight is 445 g/mol. The second kappa shape index (κ2) is 13.4. The van der Waals surface area contributed by atoms with Crippen LogP contribution in [0.2, 0.25) is 0 Å². The number of aliphatic hydroxyl groups is 2. The van der Waals surface area contributed by atoms with Crippen molar-refractivity contribution in [1.82, 2.24) is 0 Å². The molecule has 0 aliphatic heterocycles. The van der Waals surface area contributed by atoms with E-state index >= 15 is 0 Å². The number of carbonyl (C=O) groups is 1. The van der Waals surface area contributed by atoms with E-state index < -0.39 is 12.2 Å². The van der Waals surface area contributed by atoms with E-state index in [2.05, 4.69) is 6.92 Å². The molecule has 0 amide bonds. The van der Waals surface area contributed by atoms with Crippen LogP contribution in [-0.2, 0) is 16.0 Å². The molecule has 3 N–H and O–H groups in total. The van der Waals surface area contributed by atoms with Crippen molar-refractivity contribution in [3.63, 3.8) is 0 Å². The van der Waals surface area contributed by atoms with Gasteiger partial charge in [-0.2, -0.15) is 0 Å². The van der Waals surface area contributed by atoms with Gasteiger partial charge in [0.25, 0.3) is 0 Å². The van der Waals surface area contributed by atoms with Crippen LogP contribution in [0, 0.1) is 12.8 Å². The Balaban J connectivity index is 2.08. The van der Waals surface area contributed by atoms with E-state index in [0.717, 1.165) is 42.4 Å². The first kappa shape index (κ1) is 26.1. The van der Waals surface area contributed by atoms with Crippen LogP contribution in [-0.4, -0.2) is 33.5 Å². The molecule has 1 aromatic carbocycles. The van der Waals surface area contributed by atoms with Crippen molar-refractivity contribution in [2.45, 2.75) is 97.2 Å². The van der Waals surface area contributed by atoms with E-state index in [1.165, 1.54) is 19.3 Å². The Hall–Kier alpha value is -2.11. The first-order valence-corrected chi connectivity index (χ1v) is 12.1. The molecule has 0 saturated heterocycles. The summed E-state index contributed by atoms with van der Waals surface area (Å²) in [5.74, 6) is 0.365. The molecule has 0 spiro atoms. The number of esters is 1. The molecule has 1 aliphatic carbocycles. The molecule has 0 saturated carbocycles. The normalized spacial score (nSPS) is 19.7. The lowest BCUT2D eigenvalue weighted by molar-refractivity contribution is -0.139. The first-order valence-electron chi connectivity index (χ1n) is 12.1. The third kappa shape index (κ3) is 8.10. The minimum absolute atomic E-state index is 0.242. The minimum atomic E-state index is -0.705. The summed E-state index contributed by atoms with van der Waals surface area (Å²) in [5, 5.41) is 30.9. The summed E-state index contributed by atoms with van der Waals surface area (Å²) in [6.07, 6.45) is 10.6. The molecule has 0 unspecified atom stereocenters. The molecule has 1 aromatic rings.